The average molecular weight is 506 g/mol. The fourth-order valence-electron chi connectivity index (χ4n) is 2.83. The van der Waals surface area contributed by atoms with Crippen LogP contribution in [-0.2, 0) is 11.3 Å². The summed E-state index contributed by atoms with van der Waals surface area (Å²) in [5, 5.41) is 6.94. The SMILES string of the molecule is COc1ccc(NC(=O)CSc2ncccc2C(=O)NCc2ccc(Cl)c(Cl)c2)c(OC)c1. The summed E-state index contributed by atoms with van der Waals surface area (Å²) in [4.78, 5) is 29.5. The zero-order valence-electron chi connectivity index (χ0n) is 17.9. The molecule has 1 heterocycles. The first-order valence-electron chi connectivity index (χ1n) is 9.73. The van der Waals surface area contributed by atoms with E-state index in [1.807, 2.05) is 0 Å². The lowest BCUT2D eigenvalue weighted by Crippen LogP contribution is -2.24. The Morgan fingerprint density at radius 2 is 1.85 bits per heavy atom. The Bertz CT molecular complexity index is 1160. The quantitative estimate of drug-likeness (QED) is 0.394. The third-order valence-electron chi connectivity index (χ3n) is 4.48. The predicted octanol–water partition coefficient (Wildman–Crippen LogP) is 5.07. The van der Waals surface area contributed by atoms with Gasteiger partial charge in [0.05, 0.1) is 41.3 Å². The standard InChI is InChI=1S/C23H21Cl2N3O4S/c1-31-15-6-8-19(20(11-15)32-2)28-21(29)13-33-23-16(4-3-9-26-23)22(30)27-12-14-5-7-17(24)18(25)10-14/h3-11H,12-13H2,1-2H3,(H,27,30)(H,28,29). The second-order valence-corrected chi connectivity index (χ2v) is 8.47. The molecule has 0 fully saturated rings. The number of aromatic nitrogens is 1. The summed E-state index contributed by atoms with van der Waals surface area (Å²) < 4.78 is 10.5. The van der Waals surface area contributed by atoms with Gasteiger partial charge in [0, 0.05) is 18.8 Å². The van der Waals surface area contributed by atoms with E-state index in [0.29, 0.717) is 37.8 Å². The number of rotatable bonds is 9. The molecule has 33 heavy (non-hydrogen) atoms. The van der Waals surface area contributed by atoms with Gasteiger partial charge in [-0.15, -0.1) is 0 Å². The number of thioether (sulfide) groups is 1. The van der Waals surface area contributed by atoms with Crippen molar-refractivity contribution in [1.29, 1.82) is 0 Å². The molecule has 0 saturated heterocycles. The summed E-state index contributed by atoms with van der Waals surface area (Å²) in [5.41, 5.74) is 1.70. The number of anilines is 1. The summed E-state index contributed by atoms with van der Waals surface area (Å²) in [5.74, 6) is 0.571. The van der Waals surface area contributed by atoms with Gasteiger partial charge in [0.15, 0.2) is 0 Å². The topological polar surface area (TPSA) is 89.5 Å². The summed E-state index contributed by atoms with van der Waals surface area (Å²) in [6.07, 6.45) is 1.57. The Labute approximate surface area is 205 Å². The lowest BCUT2D eigenvalue weighted by Gasteiger charge is -2.12. The highest BCUT2D eigenvalue weighted by molar-refractivity contribution is 8.00. The number of amides is 2. The monoisotopic (exact) mass is 505 g/mol. The molecule has 0 radical (unpaired) electrons. The Morgan fingerprint density at radius 3 is 2.58 bits per heavy atom. The Hall–Kier alpha value is -2.94. The number of pyridine rings is 1. The van der Waals surface area contributed by atoms with E-state index >= 15 is 0 Å². The maximum atomic E-state index is 12.7. The lowest BCUT2D eigenvalue weighted by molar-refractivity contribution is -0.113. The number of nitrogens with one attached hydrogen (secondary N) is 2. The van der Waals surface area contributed by atoms with Crippen LogP contribution in [0.15, 0.2) is 59.8 Å². The van der Waals surface area contributed by atoms with Gasteiger partial charge in [-0.1, -0.05) is 41.0 Å². The van der Waals surface area contributed by atoms with Gasteiger partial charge in [0.2, 0.25) is 5.91 Å². The molecular weight excluding hydrogens is 485 g/mol. The van der Waals surface area contributed by atoms with Crippen LogP contribution in [0.1, 0.15) is 15.9 Å². The summed E-state index contributed by atoms with van der Waals surface area (Å²) in [6, 6.07) is 13.6. The van der Waals surface area contributed by atoms with Gasteiger partial charge in [-0.3, -0.25) is 9.59 Å². The molecule has 0 atom stereocenters. The number of halogens is 2. The maximum absolute atomic E-state index is 12.7. The van der Waals surface area contributed by atoms with Crippen LogP contribution in [-0.4, -0.2) is 36.8 Å². The minimum atomic E-state index is -0.311. The zero-order chi connectivity index (χ0) is 23.8. The molecule has 0 spiro atoms. The minimum Gasteiger partial charge on any atom is -0.497 e. The van der Waals surface area contributed by atoms with Crippen LogP contribution in [0.25, 0.3) is 0 Å². The fourth-order valence-corrected chi connectivity index (χ4v) is 3.94. The smallest absolute Gasteiger partial charge is 0.254 e. The van der Waals surface area contributed by atoms with Gasteiger partial charge < -0.3 is 20.1 Å². The first-order valence-corrected chi connectivity index (χ1v) is 11.5. The second-order valence-electron chi connectivity index (χ2n) is 6.69. The van der Waals surface area contributed by atoms with Crippen molar-refractivity contribution < 1.29 is 19.1 Å². The highest BCUT2D eigenvalue weighted by atomic mass is 35.5. The molecule has 0 aliphatic rings. The third kappa shape index (κ3) is 6.77. The molecule has 0 unspecified atom stereocenters. The summed E-state index contributed by atoms with van der Waals surface area (Å²) in [6.45, 7) is 0.270. The van der Waals surface area contributed by atoms with Crippen molar-refractivity contribution in [2.24, 2.45) is 0 Å². The molecule has 3 aromatic rings. The molecule has 10 heteroatoms. The number of methoxy groups -OCH3 is 2. The largest absolute Gasteiger partial charge is 0.497 e. The van der Waals surface area contributed by atoms with Crippen molar-refractivity contribution in [3.05, 3.63) is 75.9 Å². The second kappa shape index (κ2) is 11.8. The van der Waals surface area contributed by atoms with Crippen LogP contribution in [0.3, 0.4) is 0 Å². The zero-order valence-corrected chi connectivity index (χ0v) is 20.2. The van der Waals surface area contributed by atoms with E-state index in [9.17, 15) is 9.59 Å². The number of nitrogens with zero attached hydrogens (tertiary/aromatic N) is 1. The van der Waals surface area contributed by atoms with E-state index in [4.69, 9.17) is 32.7 Å². The van der Waals surface area contributed by atoms with Crippen molar-refractivity contribution in [2.75, 3.05) is 25.3 Å². The molecule has 0 aliphatic heterocycles. The molecule has 0 saturated carbocycles. The van der Waals surface area contributed by atoms with E-state index in [0.717, 1.165) is 17.3 Å². The van der Waals surface area contributed by atoms with E-state index < -0.39 is 0 Å². The molecule has 2 aromatic carbocycles. The molecule has 0 bridgehead atoms. The number of ether oxygens (including phenoxy) is 2. The highest BCUT2D eigenvalue weighted by Gasteiger charge is 2.15. The molecular formula is C23H21Cl2N3O4S. The van der Waals surface area contributed by atoms with Crippen molar-refractivity contribution in [2.45, 2.75) is 11.6 Å². The maximum Gasteiger partial charge on any atom is 0.254 e. The van der Waals surface area contributed by atoms with Crippen molar-refractivity contribution in [1.82, 2.24) is 10.3 Å². The summed E-state index contributed by atoms with van der Waals surface area (Å²) in [7, 11) is 3.06. The number of carbonyl (C=O) groups excluding carboxylic acids is 2. The van der Waals surface area contributed by atoms with Crippen molar-refractivity contribution in [3.63, 3.8) is 0 Å². The van der Waals surface area contributed by atoms with E-state index in [2.05, 4.69) is 15.6 Å². The molecule has 0 aliphatic carbocycles. The number of hydrogen-bond acceptors (Lipinski definition) is 6. The molecule has 3 rings (SSSR count). The van der Waals surface area contributed by atoms with Crippen LogP contribution in [0.5, 0.6) is 11.5 Å². The molecule has 1 aromatic heterocycles. The van der Waals surface area contributed by atoms with Crippen LogP contribution in [0.4, 0.5) is 5.69 Å². The van der Waals surface area contributed by atoms with Crippen molar-refractivity contribution in [3.8, 4) is 11.5 Å². The molecule has 172 valence electrons. The molecule has 2 amide bonds. The average Bonchev–Trinajstić information content (AvgIpc) is 2.83. The van der Waals surface area contributed by atoms with Gasteiger partial charge >= 0.3 is 0 Å². The van der Waals surface area contributed by atoms with E-state index in [1.165, 1.54) is 7.11 Å². The van der Waals surface area contributed by atoms with Crippen LogP contribution >= 0.6 is 35.0 Å². The molecule has 2 N–H and O–H groups in total. The fraction of sp³-hybridized carbons (Fsp3) is 0.174. The van der Waals surface area contributed by atoms with Gasteiger partial charge in [0.1, 0.15) is 16.5 Å². The van der Waals surface area contributed by atoms with Crippen LogP contribution in [0, 0.1) is 0 Å². The third-order valence-corrected chi connectivity index (χ3v) is 6.22. The number of carbonyl (C=O) groups is 2. The first-order chi connectivity index (χ1) is 15.9. The van der Waals surface area contributed by atoms with E-state index in [-0.39, 0.29) is 24.1 Å². The van der Waals surface area contributed by atoms with Crippen molar-refractivity contribution >= 4 is 52.5 Å². The van der Waals surface area contributed by atoms with Crippen LogP contribution < -0.4 is 20.1 Å². The Kier molecular flexibility index (Phi) is 8.82. The van der Waals surface area contributed by atoms with Gasteiger partial charge in [0.25, 0.3) is 5.91 Å². The van der Waals surface area contributed by atoms with E-state index in [1.54, 1.807) is 61.8 Å². The molecule has 7 nitrogen and oxygen atoms in total. The summed E-state index contributed by atoms with van der Waals surface area (Å²) >= 11 is 13.1. The minimum absolute atomic E-state index is 0.0548. The normalized spacial score (nSPS) is 10.4. The van der Waals surface area contributed by atoms with Gasteiger partial charge in [-0.25, -0.2) is 4.98 Å². The first kappa shape index (κ1) is 24.7. The van der Waals surface area contributed by atoms with Gasteiger partial charge in [-0.2, -0.15) is 0 Å². The Balaban J connectivity index is 1.61. The number of benzene rings is 2. The van der Waals surface area contributed by atoms with Gasteiger partial charge in [-0.05, 0) is 42.0 Å². The Morgan fingerprint density at radius 1 is 1.03 bits per heavy atom. The lowest BCUT2D eigenvalue weighted by atomic mass is 10.2. The highest BCUT2D eigenvalue weighted by Crippen LogP contribution is 2.29. The van der Waals surface area contributed by atoms with Crippen LogP contribution in [0.2, 0.25) is 10.0 Å². The predicted molar refractivity (Wildman–Crippen MR) is 131 cm³/mol. The number of hydrogen-bond donors (Lipinski definition) is 2.